The van der Waals surface area contributed by atoms with Crippen molar-refractivity contribution >= 4 is 23.2 Å². The van der Waals surface area contributed by atoms with E-state index in [9.17, 15) is 4.79 Å². The number of halogens is 1. The van der Waals surface area contributed by atoms with Gasteiger partial charge in [0.2, 0.25) is 0 Å². The Bertz CT molecular complexity index is 670. The Morgan fingerprint density at radius 1 is 1.12 bits per heavy atom. The standard InChI is InChI=1S/C19H21ClN2O2/c1-2-3-9-18(15-7-5-4-6-8-15)21-22-19(23)14-24-17-12-10-16(20)11-13-17/h4-8,10-13H,2-3,9,14H2,1H3,(H,22,23)/b21-18-. The first-order valence-electron chi connectivity index (χ1n) is 7.98. The van der Waals surface area contributed by atoms with Crippen LogP contribution in [0.25, 0.3) is 0 Å². The minimum Gasteiger partial charge on any atom is -0.484 e. The molecular weight excluding hydrogens is 324 g/mol. The summed E-state index contributed by atoms with van der Waals surface area (Å²) in [5.74, 6) is 0.294. The predicted molar refractivity (Wildman–Crippen MR) is 97.6 cm³/mol. The second-order valence-electron chi connectivity index (χ2n) is 5.31. The molecule has 1 N–H and O–H groups in total. The van der Waals surface area contributed by atoms with Gasteiger partial charge in [-0.3, -0.25) is 4.79 Å². The normalized spacial score (nSPS) is 11.2. The first-order chi connectivity index (χ1) is 11.7. The van der Waals surface area contributed by atoms with E-state index in [0.717, 1.165) is 30.5 Å². The van der Waals surface area contributed by atoms with E-state index in [4.69, 9.17) is 16.3 Å². The first-order valence-corrected chi connectivity index (χ1v) is 8.36. The molecule has 2 aromatic rings. The highest BCUT2D eigenvalue weighted by molar-refractivity contribution is 6.30. The van der Waals surface area contributed by atoms with E-state index in [-0.39, 0.29) is 12.5 Å². The highest BCUT2D eigenvalue weighted by Gasteiger charge is 2.06. The summed E-state index contributed by atoms with van der Waals surface area (Å²) in [6.07, 6.45) is 2.91. The lowest BCUT2D eigenvalue weighted by molar-refractivity contribution is -0.123. The average molecular weight is 345 g/mol. The largest absolute Gasteiger partial charge is 0.484 e. The van der Waals surface area contributed by atoms with Gasteiger partial charge in [0.05, 0.1) is 5.71 Å². The number of hydrogen-bond donors (Lipinski definition) is 1. The van der Waals surface area contributed by atoms with Gasteiger partial charge in [-0.1, -0.05) is 55.3 Å². The lowest BCUT2D eigenvalue weighted by atomic mass is 10.1. The molecular formula is C19H21ClN2O2. The Hall–Kier alpha value is -2.33. The highest BCUT2D eigenvalue weighted by Crippen LogP contribution is 2.15. The van der Waals surface area contributed by atoms with Crippen LogP contribution in [0.5, 0.6) is 5.75 Å². The van der Waals surface area contributed by atoms with Gasteiger partial charge in [-0.15, -0.1) is 0 Å². The van der Waals surface area contributed by atoms with E-state index < -0.39 is 0 Å². The zero-order chi connectivity index (χ0) is 17.2. The quantitative estimate of drug-likeness (QED) is 0.569. The molecule has 0 saturated heterocycles. The van der Waals surface area contributed by atoms with Crippen LogP contribution in [-0.4, -0.2) is 18.2 Å². The summed E-state index contributed by atoms with van der Waals surface area (Å²) < 4.78 is 5.40. The first kappa shape index (κ1) is 18.0. The molecule has 0 aliphatic carbocycles. The summed E-state index contributed by atoms with van der Waals surface area (Å²) in [6, 6.07) is 16.7. The molecule has 4 nitrogen and oxygen atoms in total. The number of unbranched alkanes of at least 4 members (excludes halogenated alkanes) is 1. The number of hydrogen-bond acceptors (Lipinski definition) is 3. The topological polar surface area (TPSA) is 50.7 Å². The number of rotatable bonds is 8. The molecule has 2 aromatic carbocycles. The van der Waals surface area contributed by atoms with Crippen molar-refractivity contribution in [2.24, 2.45) is 5.10 Å². The molecule has 0 aliphatic rings. The molecule has 0 spiro atoms. The predicted octanol–water partition coefficient (Wildman–Crippen LogP) is 4.43. The Labute approximate surface area is 147 Å². The molecule has 126 valence electrons. The summed E-state index contributed by atoms with van der Waals surface area (Å²) in [7, 11) is 0. The van der Waals surface area contributed by atoms with Crippen LogP contribution >= 0.6 is 11.6 Å². The monoisotopic (exact) mass is 344 g/mol. The van der Waals surface area contributed by atoms with Gasteiger partial charge in [0.15, 0.2) is 6.61 Å². The maximum atomic E-state index is 11.9. The van der Waals surface area contributed by atoms with E-state index in [1.807, 2.05) is 30.3 Å². The van der Waals surface area contributed by atoms with Crippen molar-refractivity contribution in [3.8, 4) is 5.75 Å². The van der Waals surface area contributed by atoms with Crippen LogP contribution in [0.15, 0.2) is 59.7 Å². The molecule has 2 rings (SSSR count). The molecule has 1 amide bonds. The number of amides is 1. The molecule has 0 saturated carbocycles. The summed E-state index contributed by atoms with van der Waals surface area (Å²) >= 11 is 5.81. The molecule has 0 fully saturated rings. The van der Waals surface area contributed by atoms with Crippen LogP contribution in [0.1, 0.15) is 31.7 Å². The van der Waals surface area contributed by atoms with E-state index >= 15 is 0 Å². The van der Waals surface area contributed by atoms with Crippen LogP contribution in [0.3, 0.4) is 0 Å². The van der Waals surface area contributed by atoms with Gasteiger partial charge in [0.25, 0.3) is 5.91 Å². The third-order valence-electron chi connectivity index (χ3n) is 3.37. The minimum atomic E-state index is -0.296. The van der Waals surface area contributed by atoms with Crippen molar-refractivity contribution in [2.75, 3.05) is 6.61 Å². The summed E-state index contributed by atoms with van der Waals surface area (Å²) in [4.78, 5) is 11.9. The highest BCUT2D eigenvalue weighted by atomic mass is 35.5. The summed E-state index contributed by atoms with van der Waals surface area (Å²) in [6.45, 7) is 2.03. The zero-order valence-corrected chi connectivity index (χ0v) is 14.4. The van der Waals surface area contributed by atoms with Gasteiger partial charge in [-0.25, -0.2) is 5.43 Å². The van der Waals surface area contributed by atoms with Crippen LogP contribution < -0.4 is 10.2 Å². The third kappa shape index (κ3) is 6.05. The molecule has 0 bridgehead atoms. The van der Waals surface area contributed by atoms with Crippen molar-refractivity contribution in [1.82, 2.24) is 5.43 Å². The van der Waals surface area contributed by atoms with Gasteiger partial charge in [0, 0.05) is 5.02 Å². The Morgan fingerprint density at radius 3 is 2.50 bits per heavy atom. The van der Waals surface area contributed by atoms with Crippen LogP contribution in [0.2, 0.25) is 5.02 Å². The molecule has 0 radical (unpaired) electrons. The molecule has 0 atom stereocenters. The lowest BCUT2D eigenvalue weighted by Crippen LogP contribution is -2.26. The Kier molecular flexibility index (Phi) is 7.30. The van der Waals surface area contributed by atoms with Crippen LogP contribution in [-0.2, 0) is 4.79 Å². The van der Waals surface area contributed by atoms with Crippen LogP contribution in [0, 0.1) is 0 Å². The fraction of sp³-hybridized carbons (Fsp3) is 0.263. The van der Waals surface area contributed by atoms with Gasteiger partial charge in [-0.2, -0.15) is 5.10 Å². The zero-order valence-electron chi connectivity index (χ0n) is 13.7. The van der Waals surface area contributed by atoms with E-state index in [1.165, 1.54) is 0 Å². The number of ether oxygens (including phenoxy) is 1. The molecule has 24 heavy (non-hydrogen) atoms. The molecule has 0 aromatic heterocycles. The molecule has 0 unspecified atom stereocenters. The van der Waals surface area contributed by atoms with Crippen molar-refractivity contribution in [3.05, 3.63) is 65.2 Å². The second kappa shape index (κ2) is 9.73. The lowest BCUT2D eigenvalue weighted by Gasteiger charge is -2.08. The van der Waals surface area contributed by atoms with Crippen molar-refractivity contribution in [2.45, 2.75) is 26.2 Å². The number of carbonyl (C=O) groups excluding carboxylic acids is 1. The third-order valence-corrected chi connectivity index (χ3v) is 3.63. The number of nitrogens with one attached hydrogen (secondary N) is 1. The number of hydrazone groups is 1. The fourth-order valence-corrected chi connectivity index (χ4v) is 2.21. The van der Waals surface area contributed by atoms with Gasteiger partial charge in [0.1, 0.15) is 5.75 Å². The number of benzene rings is 2. The van der Waals surface area contributed by atoms with Crippen molar-refractivity contribution in [3.63, 3.8) is 0 Å². The second-order valence-corrected chi connectivity index (χ2v) is 5.74. The number of nitrogens with zero attached hydrogens (tertiary/aromatic N) is 1. The van der Waals surface area contributed by atoms with Crippen LogP contribution in [0.4, 0.5) is 0 Å². The maximum Gasteiger partial charge on any atom is 0.277 e. The summed E-state index contributed by atoms with van der Waals surface area (Å²) in [5.41, 5.74) is 4.46. The van der Waals surface area contributed by atoms with Crippen molar-refractivity contribution in [1.29, 1.82) is 0 Å². The smallest absolute Gasteiger partial charge is 0.277 e. The average Bonchev–Trinajstić information content (AvgIpc) is 2.62. The van der Waals surface area contributed by atoms with E-state index in [0.29, 0.717) is 10.8 Å². The summed E-state index contributed by atoms with van der Waals surface area (Å²) in [5, 5.41) is 4.90. The fourth-order valence-electron chi connectivity index (χ4n) is 2.08. The van der Waals surface area contributed by atoms with Gasteiger partial charge < -0.3 is 4.74 Å². The minimum absolute atomic E-state index is 0.0963. The molecule has 0 aliphatic heterocycles. The SMILES string of the molecule is CCCC/C(=N/NC(=O)COc1ccc(Cl)cc1)c1ccccc1. The maximum absolute atomic E-state index is 11.9. The van der Waals surface area contributed by atoms with Gasteiger partial charge >= 0.3 is 0 Å². The molecule has 0 heterocycles. The number of carbonyl (C=O) groups is 1. The van der Waals surface area contributed by atoms with E-state index in [1.54, 1.807) is 24.3 Å². The van der Waals surface area contributed by atoms with Gasteiger partial charge in [-0.05, 0) is 42.7 Å². The molecule has 5 heteroatoms. The van der Waals surface area contributed by atoms with Crippen molar-refractivity contribution < 1.29 is 9.53 Å². The van der Waals surface area contributed by atoms with E-state index in [2.05, 4.69) is 17.5 Å². The Morgan fingerprint density at radius 2 is 1.83 bits per heavy atom. The Balaban J connectivity index is 1.92.